The molecular formula is C16H23N3O3. The Balaban J connectivity index is 2.23. The molecule has 22 heavy (non-hydrogen) atoms. The number of oxime groups is 1. The zero-order chi connectivity index (χ0) is 16.5. The number of benzene rings is 1. The number of anilines is 1. The summed E-state index contributed by atoms with van der Waals surface area (Å²) in [6.07, 6.45) is 1.06. The highest BCUT2D eigenvalue weighted by molar-refractivity contribution is 5.90. The molecule has 6 nitrogen and oxygen atoms in total. The monoisotopic (exact) mass is 305 g/mol. The van der Waals surface area contributed by atoms with Crippen molar-refractivity contribution in [1.82, 2.24) is 5.06 Å². The lowest BCUT2D eigenvalue weighted by Gasteiger charge is -2.50. The van der Waals surface area contributed by atoms with Gasteiger partial charge in [-0.1, -0.05) is 5.16 Å². The number of carbonyl (C=O) groups is 1. The summed E-state index contributed by atoms with van der Waals surface area (Å²) in [5.41, 5.74) is 6.44. The van der Waals surface area contributed by atoms with E-state index < -0.39 is 17.0 Å². The van der Waals surface area contributed by atoms with Gasteiger partial charge >= 0.3 is 5.97 Å². The molecule has 1 saturated heterocycles. The normalized spacial score (nSPS) is 20.5. The largest absolute Gasteiger partial charge is 0.411 e. The number of nitrogens with two attached hydrogens (primary N) is 1. The van der Waals surface area contributed by atoms with Crippen molar-refractivity contribution < 1.29 is 14.8 Å². The maximum Gasteiger partial charge on any atom is 0.357 e. The second-order valence-electron chi connectivity index (χ2n) is 6.94. The van der Waals surface area contributed by atoms with Crippen LogP contribution in [0.3, 0.4) is 0 Å². The maximum atomic E-state index is 12.4. The van der Waals surface area contributed by atoms with Gasteiger partial charge in [0, 0.05) is 18.5 Å². The lowest BCUT2D eigenvalue weighted by atomic mass is 9.81. The van der Waals surface area contributed by atoms with E-state index in [1.54, 1.807) is 29.3 Å². The van der Waals surface area contributed by atoms with Gasteiger partial charge in [0.2, 0.25) is 0 Å². The van der Waals surface area contributed by atoms with Gasteiger partial charge in [0.25, 0.3) is 0 Å². The molecule has 0 radical (unpaired) electrons. The minimum Gasteiger partial charge on any atom is -0.411 e. The number of piperidine rings is 1. The van der Waals surface area contributed by atoms with E-state index in [-0.39, 0.29) is 0 Å². The zero-order valence-electron chi connectivity index (χ0n) is 13.5. The summed E-state index contributed by atoms with van der Waals surface area (Å²) in [6, 6.07) is 6.61. The Morgan fingerprint density at radius 3 is 2.14 bits per heavy atom. The van der Waals surface area contributed by atoms with Crippen LogP contribution < -0.4 is 5.73 Å². The van der Waals surface area contributed by atoms with E-state index in [1.165, 1.54) is 0 Å². The fourth-order valence-electron chi connectivity index (χ4n) is 3.10. The SMILES string of the molecule is CC1(C)CC(=NO)CC(C)(C)N1OC(=O)c1ccc(N)cc1. The van der Waals surface area contributed by atoms with Crippen LogP contribution in [0.1, 0.15) is 50.9 Å². The molecule has 1 aliphatic heterocycles. The summed E-state index contributed by atoms with van der Waals surface area (Å²) < 4.78 is 0. The molecule has 3 N–H and O–H groups in total. The van der Waals surface area contributed by atoms with Crippen LogP contribution in [0.5, 0.6) is 0 Å². The predicted octanol–water partition coefficient (Wildman–Crippen LogP) is 2.82. The van der Waals surface area contributed by atoms with Gasteiger partial charge in [-0.2, -0.15) is 0 Å². The standard InChI is InChI=1S/C16H23N3O3/c1-15(2)9-13(18-21)10-16(3,4)19(15)22-14(20)11-5-7-12(17)8-6-11/h5-8,21H,9-10,17H2,1-4H3. The molecule has 6 heteroatoms. The molecule has 0 spiro atoms. The molecule has 1 heterocycles. The molecular weight excluding hydrogens is 282 g/mol. The van der Waals surface area contributed by atoms with Crippen molar-refractivity contribution in [2.24, 2.45) is 5.16 Å². The van der Waals surface area contributed by atoms with Gasteiger partial charge in [0.05, 0.1) is 22.4 Å². The lowest BCUT2D eigenvalue weighted by molar-refractivity contribution is -0.226. The topological polar surface area (TPSA) is 88.2 Å². The first-order chi connectivity index (χ1) is 10.2. The molecule has 0 aliphatic carbocycles. The van der Waals surface area contributed by atoms with E-state index in [4.69, 9.17) is 15.8 Å². The fraction of sp³-hybridized carbons (Fsp3) is 0.500. The van der Waals surface area contributed by atoms with Gasteiger partial charge < -0.3 is 15.8 Å². The van der Waals surface area contributed by atoms with E-state index in [2.05, 4.69) is 5.16 Å². The molecule has 0 unspecified atom stereocenters. The Labute approximate surface area is 130 Å². The minimum atomic E-state index is -0.465. The molecule has 120 valence electrons. The summed E-state index contributed by atoms with van der Waals surface area (Å²) in [6.45, 7) is 7.81. The summed E-state index contributed by atoms with van der Waals surface area (Å²) in [4.78, 5) is 18.0. The number of rotatable bonds is 2. The van der Waals surface area contributed by atoms with E-state index in [9.17, 15) is 4.79 Å². The van der Waals surface area contributed by atoms with Crippen LogP contribution in [0.15, 0.2) is 29.4 Å². The van der Waals surface area contributed by atoms with Gasteiger partial charge in [-0.15, -0.1) is 5.06 Å². The smallest absolute Gasteiger partial charge is 0.357 e. The lowest BCUT2D eigenvalue weighted by Crippen LogP contribution is -2.61. The van der Waals surface area contributed by atoms with Crippen molar-refractivity contribution in [3.8, 4) is 0 Å². The van der Waals surface area contributed by atoms with Crippen LogP contribution in [0.2, 0.25) is 0 Å². The molecule has 0 saturated carbocycles. The third-order valence-corrected chi connectivity index (χ3v) is 3.83. The van der Waals surface area contributed by atoms with Gasteiger partial charge in [-0.05, 0) is 52.0 Å². The molecule has 2 rings (SSSR count). The van der Waals surface area contributed by atoms with Crippen molar-refractivity contribution in [3.05, 3.63) is 29.8 Å². The summed E-state index contributed by atoms with van der Waals surface area (Å²) in [7, 11) is 0. The predicted molar refractivity (Wildman–Crippen MR) is 84.7 cm³/mol. The number of nitrogen functional groups attached to an aromatic ring is 1. The minimum absolute atomic E-state index is 0.425. The summed E-state index contributed by atoms with van der Waals surface area (Å²) >= 11 is 0. The third-order valence-electron chi connectivity index (χ3n) is 3.83. The second-order valence-corrected chi connectivity index (χ2v) is 6.94. The third kappa shape index (κ3) is 3.22. The van der Waals surface area contributed by atoms with Crippen molar-refractivity contribution >= 4 is 17.4 Å². The highest BCUT2D eigenvalue weighted by Crippen LogP contribution is 2.37. The van der Waals surface area contributed by atoms with Crippen LogP contribution >= 0.6 is 0 Å². The average molecular weight is 305 g/mol. The number of hydroxylamine groups is 2. The highest BCUT2D eigenvalue weighted by atomic mass is 16.7. The first-order valence-corrected chi connectivity index (χ1v) is 7.24. The summed E-state index contributed by atoms with van der Waals surface area (Å²) in [5, 5.41) is 14.1. The van der Waals surface area contributed by atoms with Crippen molar-refractivity contribution in [2.45, 2.75) is 51.6 Å². The second kappa shape index (κ2) is 5.61. The zero-order valence-corrected chi connectivity index (χ0v) is 13.5. The quantitative estimate of drug-likeness (QED) is 0.498. The average Bonchev–Trinajstić information content (AvgIpc) is 2.42. The van der Waals surface area contributed by atoms with Crippen molar-refractivity contribution in [2.75, 3.05) is 5.73 Å². The van der Waals surface area contributed by atoms with Gasteiger partial charge in [-0.3, -0.25) is 0 Å². The Bertz CT molecular complexity index is 571. The molecule has 1 aromatic rings. The van der Waals surface area contributed by atoms with Crippen molar-refractivity contribution in [3.63, 3.8) is 0 Å². The van der Waals surface area contributed by atoms with Gasteiger partial charge in [-0.25, -0.2) is 4.79 Å². The molecule has 1 fully saturated rings. The summed E-state index contributed by atoms with van der Waals surface area (Å²) in [5.74, 6) is -0.425. The number of carbonyl (C=O) groups excluding carboxylic acids is 1. The van der Waals surface area contributed by atoms with E-state index in [1.807, 2.05) is 27.7 Å². The van der Waals surface area contributed by atoms with Crippen LogP contribution in [0, 0.1) is 0 Å². The maximum absolute atomic E-state index is 12.4. The molecule has 0 amide bonds. The molecule has 0 aromatic heterocycles. The fourth-order valence-corrected chi connectivity index (χ4v) is 3.10. The Morgan fingerprint density at radius 1 is 1.18 bits per heavy atom. The first-order valence-electron chi connectivity index (χ1n) is 7.24. The van der Waals surface area contributed by atoms with Gasteiger partial charge in [0.15, 0.2) is 0 Å². The van der Waals surface area contributed by atoms with E-state index in [0.717, 1.165) is 0 Å². The molecule has 0 atom stereocenters. The first kappa shape index (κ1) is 16.3. The molecule has 1 aromatic carbocycles. The van der Waals surface area contributed by atoms with Crippen LogP contribution in [-0.4, -0.2) is 33.0 Å². The van der Waals surface area contributed by atoms with Crippen LogP contribution in [0.4, 0.5) is 5.69 Å². The van der Waals surface area contributed by atoms with Crippen LogP contribution in [0.25, 0.3) is 0 Å². The van der Waals surface area contributed by atoms with Crippen molar-refractivity contribution in [1.29, 1.82) is 0 Å². The van der Waals surface area contributed by atoms with E-state index >= 15 is 0 Å². The number of hydrogen-bond donors (Lipinski definition) is 2. The molecule has 0 bridgehead atoms. The Morgan fingerprint density at radius 2 is 1.68 bits per heavy atom. The van der Waals surface area contributed by atoms with Crippen LogP contribution in [-0.2, 0) is 4.84 Å². The molecule has 1 aliphatic rings. The van der Waals surface area contributed by atoms with E-state index in [0.29, 0.717) is 29.8 Å². The number of hydrogen-bond acceptors (Lipinski definition) is 6. The van der Waals surface area contributed by atoms with Gasteiger partial charge in [0.1, 0.15) is 0 Å². The Hall–Kier alpha value is -2.08. The number of nitrogens with zero attached hydrogens (tertiary/aromatic N) is 2. The Kier molecular flexibility index (Phi) is 4.15. The highest BCUT2D eigenvalue weighted by Gasteiger charge is 2.47.